The molecule has 112 valence electrons. The third kappa shape index (κ3) is 2.78. The number of amides is 1. The molecule has 0 unspecified atom stereocenters. The Balaban J connectivity index is 1.56. The van der Waals surface area contributed by atoms with Crippen molar-refractivity contribution in [3.8, 4) is 0 Å². The molecular formula is C16H19NO4. The maximum Gasteiger partial charge on any atom is 0.310 e. The van der Waals surface area contributed by atoms with E-state index in [1.54, 1.807) is 0 Å². The molecule has 2 aliphatic heterocycles. The minimum atomic E-state index is -0.926. The van der Waals surface area contributed by atoms with Gasteiger partial charge in [0.25, 0.3) is 0 Å². The van der Waals surface area contributed by atoms with Crippen LogP contribution in [0.4, 0.5) is 0 Å². The van der Waals surface area contributed by atoms with Gasteiger partial charge < -0.3 is 15.2 Å². The van der Waals surface area contributed by atoms with Crippen molar-refractivity contribution in [3.05, 3.63) is 35.9 Å². The van der Waals surface area contributed by atoms with Gasteiger partial charge in [-0.2, -0.15) is 0 Å². The van der Waals surface area contributed by atoms with Crippen molar-refractivity contribution in [2.75, 3.05) is 6.54 Å². The molecule has 1 aromatic carbocycles. The summed E-state index contributed by atoms with van der Waals surface area (Å²) < 4.78 is 5.60. The lowest BCUT2D eigenvalue weighted by Crippen LogP contribution is -2.44. The van der Waals surface area contributed by atoms with Crippen LogP contribution < -0.4 is 5.32 Å². The zero-order valence-corrected chi connectivity index (χ0v) is 11.7. The number of aliphatic carboxylic acids is 1. The number of benzene rings is 1. The first kappa shape index (κ1) is 14.1. The highest BCUT2D eigenvalue weighted by Gasteiger charge is 2.55. The average molecular weight is 289 g/mol. The van der Waals surface area contributed by atoms with E-state index in [4.69, 9.17) is 4.74 Å². The summed E-state index contributed by atoms with van der Waals surface area (Å²) >= 11 is 0. The molecule has 1 amide bonds. The van der Waals surface area contributed by atoms with E-state index < -0.39 is 17.8 Å². The second kappa shape index (κ2) is 5.85. The van der Waals surface area contributed by atoms with Crippen molar-refractivity contribution in [2.45, 2.75) is 31.5 Å². The van der Waals surface area contributed by atoms with Crippen molar-refractivity contribution in [2.24, 2.45) is 11.8 Å². The van der Waals surface area contributed by atoms with Crippen molar-refractivity contribution >= 4 is 11.9 Å². The van der Waals surface area contributed by atoms with E-state index in [9.17, 15) is 14.7 Å². The highest BCUT2D eigenvalue weighted by Crippen LogP contribution is 2.43. The Bertz CT molecular complexity index is 530. The Morgan fingerprint density at radius 2 is 1.81 bits per heavy atom. The largest absolute Gasteiger partial charge is 0.481 e. The second-order valence-electron chi connectivity index (χ2n) is 5.71. The van der Waals surface area contributed by atoms with Gasteiger partial charge >= 0.3 is 5.97 Å². The molecule has 4 atom stereocenters. The summed E-state index contributed by atoms with van der Waals surface area (Å²) in [7, 11) is 0. The monoisotopic (exact) mass is 289 g/mol. The second-order valence-corrected chi connectivity index (χ2v) is 5.71. The minimum absolute atomic E-state index is 0.189. The molecule has 2 aliphatic rings. The van der Waals surface area contributed by atoms with Crippen LogP contribution in [0.2, 0.25) is 0 Å². The lowest BCUT2D eigenvalue weighted by atomic mass is 9.78. The normalized spacial score (nSPS) is 30.3. The van der Waals surface area contributed by atoms with Gasteiger partial charge in [-0.3, -0.25) is 9.59 Å². The van der Waals surface area contributed by atoms with Crippen molar-refractivity contribution in [1.29, 1.82) is 0 Å². The molecule has 0 aliphatic carbocycles. The summed E-state index contributed by atoms with van der Waals surface area (Å²) in [6.07, 6.45) is 1.75. The van der Waals surface area contributed by atoms with Gasteiger partial charge in [0.2, 0.25) is 5.91 Å². The van der Waals surface area contributed by atoms with Gasteiger partial charge in [0.05, 0.1) is 24.0 Å². The Kier molecular flexibility index (Phi) is 3.92. The zero-order valence-electron chi connectivity index (χ0n) is 11.7. The fourth-order valence-electron chi connectivity index (χ4n) is 3.42. The van der Waals surface area contributed by atoms with Gasteiger partial charge in [-0.15, -0.1) is 0 Å². The molecule has 21 heavy (non-hydrogen) atoms. The fourth-order valence-corrected chi connectivity index (χ4v) is 3.42. The van der Waals surface area contributed by atoms with Gasteiger partial charge in [0.15, 0.2) is 0 Å². The first-order valence-electron chi connectivity index (χ1n) is 7.36. The van der Waals surface area contributed by atoms with Gasteiger partial charge in [-0.05, 0) is 24.8 Å². The lowest BCUT2D eigenvalue weighted by Gasteiger charge is -2.23. The molecule has 5 nitrogen and oxygen atoms in total. The molecule has 2 fully saturated rings. The molecule has 2 heterocycles. The van der Waals surface area contributed by atoms with E-state index in [2.05, 4.69) is 5.32 Å². The summed E-state index contributed by atoms with van der Waals surface area (Å²) in [4.78, 5) is 23.6. The van der Waals surface area contributed by atoms with E-state index in [1.807, 2.05) is 30.3 Å². The summed E-state index contributed by atoms with van der Waals surface area (Å²) in [6.45, 7) is 0.517. The smallest absolute Gasteiger partial charge is 0.310 e. The molecule has 0 radical (unpaired) electrons. The molecule has 2 N–H and O–H groups in total. The maximum atomic E-state index is 12.3. The van der Waals surface area contributed by atoms with Crippen LogP contribution in [0.25, 0.3) is 0 Å². The molecule has 2 bridgehead atoms. The van der Waals surface area contributed by atoms with Crippen molar-refractivity contribution in [1.82, 2.24) is 5.32 Å². The zero-order chi connectivity index (χ0) is 14.8. The topological polar surface area (TPSA) is 75.6 Å². The SMILES string of the molecule is O=C(O)[C@@H]1[C@H](C(=O)NCCc2ccccc2)[C@@H]2CC[C@H]1O2. The fraction of sp³-hybridized carbons (Fsp3) is 0.500. The Morgan fingerprint density at radius 1 is 1.14 bits per heavy atom. The van der Waals surface area contributed by atoms with Crippen LogP contribution in [0, 0.1) is 11.8 Å². The summed E-state index contributed by atoms with van der Waals surface area (Å²) in [5.74, 6) is -2.35. The molecule has 0 spiro atoms. The van der Waals surface area contributed by atoms with Gasteiger partial charge in [0.1, 0.15) is 0 Å². The summed E-state index contributed by atoms with van der Waals surface area (Å²) in [6, 6.07) is 9.88. The lowest BCUT2D eigenvalue weighted by molar-refractivity contribution is -0.147. The number of hydrogen-bond donors (Lipinski definition) is 2. The number of carboxylic acid groups (broad SMARTS) is 1. The number of nitrogens with one attached hydrogen (secondary N) is 1. The molecule has 2 saturated heterocycles. The van der Waals surface area contributed by atoms with Gasteiger partial charge in [-0.25, -0.2) is 0 Å². The van der Waals surface area contributed by atoms with E-state index in [-0.39, 0.29) is 18.1 Å². The third-order valence-corrected chi connectivity index (χ3v) is 4.42. The summed E-state index contributed by atoms with van der Waals surface area (Å²) in [5.41, 5.74) is 1.15. The number of fused-ring (bicyclic) bond motifs is 2. The van der Waals surface area contributed by atoms with Gasteiger partial charge in [-0.1, -0.05) is 30.3 Å². The van der Waals surface area contributed by atoms with Crippen LogP contribution in [-0.4, -0.2) is 35.7 Å². The minimum Gasteiger partial charge on any atom is -0.481 e. The molecule has 3 rings (SSSR count). The average Bonchev–Trinajstić information content (AvgIpc) is 3.08. The van der Waals surface area contributed by atoms with E-state index in [0.29, 0.717) is 6.54 Å². The van der Waals surface area contributed by atoms with Crippen LogP contribution in [0.3, 0.4) is 0 Å². The van der Waals surface area contributed by atoms with Crippen LogP contribution in [0.1, 0.15) is 18.4 Å². The number of carbonyl (C=O) groups is 2. The number of hydrogen-bond acceptors (Lipinski definition) is 3. The predicted octanol–water partition coefficient (Wildman–Crippen LogP) is 1.22. The van der Waals surface area contributed by atoms with Gasteiger partial charge in [0, 0.05) is 6.54 Å². The van der Waals surface area contributed by atoms with Crippen molar-refractivity contribution in [3.63, 3.8) is 0 Å². The Morgan fingerprint density at radius 3 is 2.48 bits per heavy atom. The Hall–Kier alpha value is -1.88. The number of carboxylic acids is 1. The van der Waals surface area contributed by atoms with Crippen LogP contribution in [0.5, 0.6) is 0 Å². The first-order valence-corrected chi connectivity index (χ1v) is 7.36. The predicted molar refractivity (Wildman–Crippen MR) is 75.7 cm³/mol. The van der Waals surface area contributed by atoms with E-state index in [1.165, 1.54) is 0 Å². The number of ether oxygens (including phenoxy) is 1. The maximum absolute atomic E-state index is 12.3. The first-order chi connectivity index (χ1) is 10.2. The van der Waals surface area contributed by atoms with Crippen LogP contribution in [0.15, 0.2) is 30.3 Å². The standard InChI is InChI=1S/C16H19NO4/c18-15(17-9-8-10-4-2-1-3-5-10)13-11-6-7-12(21-11)14(13)16(19)20/h1-5,11-14H,6-9H2,(H,17,18)(H,19,20)/t11-,12+,13+,14-/m0/s1. The van der Waals surface area contributed by atoms with E-state index >= 15 is 0 Å². The summed E-state index contributed by atoms with van der Waals surface area (Å²) in [5, 5.41) is 12.2. The highest BCUT2D eigenvalue weighted by atomic mass is 16.5. The molecule has 0 saturated carbocycles. The van der Waals surface area contributed by atoms with E-state index in [0.717, 1.165) is 24.8 Å². The quantitative estimate of drug-likeness (QED) is 0.854. The number of rotatable bonds is 5. The van der Waals surface area contributed by atoms with Crippen LogP contribution in [-0.2, 0) is 20.7 Å². The third-order valence-electron chi connectivity index (χ3n) is 4.42. The highest BCUT2D eigenvalue weighted by molar-refractivity contribution is 5.86. The van der Waals surface area contributed by atoms with Crippen molar-refractivity contribution < 1.29 is 19.4 Å². The molecule has 0 aromatic heterocycles. The Labute approximate surface area is 123 Å². The molecular weight excluding hydrogens is 270 g/mol. The number of carbonyl (C=O) groups excluding carboxylic acids is 1. The van der Waals surface area contributed by atoms with Crippen LogP contribution >= 0.6 is 0 Å². The molecule has 5 heteroatoms. The molecule has 1 aromatic rings.